The number of amides is 2. The molecule has 0 fully saturated rings. The molecule has 10 heteroatoms. The van der Waals surface area contributed by atoms with Crippen LogP contribution in [0.5, 0.6) is 0 Å². The molecule has 1 aliphatic heterocycles. The molecule has 5 aromatic rings. The number of nitrogens with zero attached hydrogens (tertiary/aromatic N) is 5. The number of carboxylic acid groups (broad SMARTS) is 1. The van der Waals surface area contributed by atoms with Crippen molar-refractivity contribution in [1.82, 2.24) is 14.0 Å². The van der Waals surface area contributed by atoms with Gasteiger partial charge in [0, 0.05) is 55.5 Å². The largest absolute Gasteiger partial charge is 0.478 e. The number of carbonyl (C=O) groups excluding carboxylic acids is 2. The number of nitriles is 1. The Balaban J connectivity index is 1.34. The first kappa shape index (κ1) is 31.9. The van der Waals surface area contributed by atoms with E-state index in [0.717, 1.165) is 22.4 Å². The summed E-state index contributed by atoms with van der Waals surface area (Å²) in [5, 5.41) is 20.0. The van der Waals surface area contributed by atoms with E-state index in [9.17, 15) is 24.8 Å². The molecule has 3 aromatic carbocycles. The molecular weight excluding hydrogens is 606 g/mol. The van der Waals surface area contributed by atoms with Crippen LogP contribution in [0.1, 0.15) is 54.5 Å². The Kier molecular flexibility index (Phi) is 8.61. The van der Waals surface area contributed by atoms with E-state index in [1.807, 2.05) is 92.2 Å². The molecule has 0 radical (unpaired) electrons. The van der Waals surface area contributed by atoms with Crippen LogP contribution in [-0.2, 0) is 38.4 Å². The lowest BCUT2D eigenvalue weighted by atomic mass is 9.92. The van der Waals surface area contributed by atoms with Gasteiger partial charge in [-0.05, 0) is 73.4 Å². The molecule has 6 rings (SSSR count). The van der Waals surface area contributed by atoms with Crippen molar-refractivity contribution in [2.45, 2.75) is 33.4 Å². The van der Waals surface area contributed by atoms with Gasteiger partial charge in [-0.15, -0.1) is 0 Å². The zero-order valence-electron chi connectivity index (χ0n) is 27.2. The average molecular weight is 642 g/mol. The van der Waals surface area contributed by atoms with Gasteiger partial charge in [-0.3, -0.25) is 9.69 Å². The maximum absolute atomic E-state index is 14.5. The van der Waals surface area contributed by atoms with Gasteiger partial charge in [0.2, 0.25) is 0 Å². The van der Waals surface area contributed by atoms with Gasteiger partial charge in [0.25, 0.3) is 5.91 Å². The number of aromatic nitrogens is 2. The highest BCUT2D eigenvalue weighted by molar-refractivity contribution is 6.13. The van der Waals surface area contributed by atoms with Crippen LogP contribution in [0.15, 0.2) is 84.9 Å². The SMILES string of the molecule is Cc1c(N(C(=O)c2cc(-c3cc4c(cc3C(=O)O)CN(C(=O)OCc3ccccc3)CC4)n(C)c2C)c2ccccc2)cc(C#N)n1C. The van der Waals surface area contributed by atoms with Crippen molar-refractivity contribution in [3.63, 3.8) is 0 Å². The molecule has 0 atom stereocenters. The molecule has 10 nitrogen and oxygen atoms in total. The Labute approximate surface area is 278 Å². The summed E-state index contributed by atoms with van der Waals surface area (Å²) in [5.74, 6) is -1.42. The fourth-order valence-corrected chi connectivity index (χ4v) is 6.22. The Hall–Kier alpha value is -6.08. The minimum atomic E-state index is -1.11. The summed E-state index contributed by atoms with van der Waals surface area (Å²) in [5.41, 5.74) is 7.15. The second kappa shape index (κ2) is 13.0. The third-order valence-electron chi connectivity index (χ3n) is 9.17. The van der Waals surface area contributed by atoms with Crippen LogP contribution in [0, 0.1) is 25.2 Å². The number of hydrogen-bond donors (Lipinski definition) is 1. The van der Waals surface area contributed by atoms with Gasteiger partial charge >= 0.3 is 12.1 Å². The van der Waals surface area contributed by atoms with Crippen LogP contribution in [-0.4, -0.2) is 43.7 Å². The predicted molar refractivity (Wildman–Crippen MR) is 181 cm³/mol. The first-order chi connectivity index (χ1) is 23.1. The molecule has 242 valence electrons. The van der Waals surface area contributed by atoms with Crippen molar-refractivity contribution >= 4 is 29.3 Å². The predicted octanol–water partition coefficient (Wildman–Crippen LogP) is 6.89. The van der Waals surface area contributed by atoms with Gasteiger partial charge < -0.3 is 23.9 Å². The fourth-order valence-electron chi connectivity index (χ4n) is 6.22. The van der Waals surface area contributed by atoms with E-state index in [-0.39, 0.29) is 24.6 Å². The molecule has 0 saturated carbocycles. The fraction of sp³-hybridized carbons (Fsp3) is 0.211. The van der Waals surface area contributed by atoms with E-state index in [1.54, 1.807) is 39.6 Å². The van der Waals surface area contributed by atoms with Crippen LogP contribution in [0.4, 0.5) is 16.2 Å². The van der Waals surface area contributed by atoms with Gasteiger partial charge in [0.05, 0.1) is 16.8 Å². The van der Waals surface area contributed by atoms with Crippen molar-refractivity contribution in [1.29, 1.82) is 5.26 Å². The highest BCUT2D eigenvalue weighted by Gasteiger charge is 2.30. The molecule has 0 saturated heterocycles. The van der Waals surface area contributed by atoms with Crippen molar-refractivity contribution in [3.05, 3.63) is 130 Å². The van der Waals surface area contributed by atoms with Gasteiger partial charge in [-0.25, -0.2) is 9.59 Å². The molecule has 0 aliphatic carbocycles. The zero-order valence-corrected chi connectivity index (χ0v) is 27.2. The Morgan fingerprint density at radius 3 is 2.21 bits per heavy atom. The molecule has 0 unspecified atom stereocenters. The number of para-hydroxylation sites is 1. The molecule has 2 amide bonds. The Bertz CT molecular complexity index is 2090. The highest BCUT2D eigenvalue weighted by Crippen LogP contribution is 2.36. The zero-order chi connectivity index (χ0) is 34.1. The normalized spacial score (nSPS) is 12.3. The lowest BCUT2D eigenvalue weighted by molar-refractivity contribution is 0.0697. The van der Waals surface area contributed by atoms with Crippen LogP contribution >= 0.6 is 0 Å². The topological polar surface area (TPSA) is 121 Å². The van der Waals surface area contributed by atoms with Crippen molar-refractivity contribution in [2.24, 2.45) is 14.1 Å². The molecule has 48 heavy (non-hydrogen) atoms. The summed E-state index contributed by atoms with van der Waals surface area (Å²) in [6.45, 7) is 4.50. The summed E-state index contributed by atoms with van der Waals surface area (Å²) < 4.78 is 9.11. The lowest BCUT2D eigenvalue weighted by Gasteiger charge is -2.29. The molecule has 3 heterocycles. The second-order valence-electron chi connectivity index (χ2n) is 11.9. The standard InChI is InChI=1S/C38H35N5O5/c1-24-31(36(44)43(29-13-9-6-10-14-29)34-19-30(21-39)40(3)25(34)2)20-35(41(24)4)32-17-27-15-16-42(22-28(27)18-33(32)37(45)46)38(47)48-23-26-11-7-5-8-12-26/h5-14,17-20H,15-16,22-23H2,1-4H3,(H,45,46). The molecule has 1 N–H and O–H groups in total. The van der Waals surface area contributed by atoms with Crippen LogP contribution in [0.2, 0.25) is 0 Å². The number of carbonyl (C=O) groups is 3. The molecular formula is C38H35N5O5. The van der Waals surface area contributed by atoms with Crippen molar-refractivity contribution in [2.75, 3.05) is 11.4 Å². The number of ether oxygens (including phenoxy) is 1. The van der Waals surface area contributed by atoms with Crippen LogP contribution in [0.25, 0.3) is 11.3 Å². The lowest BCUT2D eigenvalue weighted by Crippen LogP contribution is -2.36. The number of rotatable bonds is 7. The quantitative estimate of drug-likeness (QED) is 0.207. The minimum Gasteiger partial charge on any atom is -0.478 e. The second-order valence-corrected chi connectivity index (χ2v) is 11.9. The van der Waals surface area contributed by atoms with Gasteiger partial charge in [-0.2, -0.15) is 5.26 Å². The summed E-state index contributed by atoms with van der Waals surface area (Å²) in [7, 11) is 3.60. The van der Waals surface area contributed by atoms with Gasteiger partial charge in [0.15, 0.2) is 0 Å². The van der Waals surface area contributed by atoms with Gasteiger partial charge in [-0.1, -0.05) is 48.5 Å². The van der Waals surface area contributed by atoms with E-state index < -0.39 is 12.1 Å². The average Bonchev–Trinajstić information content (AvgIpc) is 3.56. The number of fused-ring (bicyclic) bond motifs is 1. The number of benzene rings is 3. The Morgan fingerprint density at radius 2 is 1.56 bits per heavy atom. The molecule has 0 bridgehead atoms. The summed E-state index contributed by atoms with van der Waals surface area (Å²) >= 11 is 0. The maximum atomic E-state index is 14.5. The van der Waals surface area contributed by atoms with E-state index in [1.165, 1.54) is 0 Å². The van der Waals surface area contributed by atoms with E-state index in [0.29, 0.717) is 52.5 Å². The third-order valence-corrected chi connectivity index (χ3v) is 9.17. The first-order valence-corrected chi connectivity index (χ1v) is 15.6. The molecule has 0 spiro atoms. The van der Waals surface area contributed by atoms with Gasteiger partial charge in [0.1, 0.15) is 18.4 Å². The highest BCUT2D eigenvalue weighted by atomic mass is 16.6. The Morgan fingerprint density at radius 1 is 0.875 bits per heavy atom. The van der Waals surface area contributed by atoms with E-state index in [4.69, 9.17) is 4.74 Å². The number of anilines is 2. The monoisotopic (exact) mass is 641 g/mol. The van der Waals surface area contributed by atoms with Crippen LogP contribution in [0.3, 0.4) is 0 Å². The molecule has 1 aliphatic rings. The minimum absolute atomic E-state index is 0.0744. The third kappa shape index (κ3) is 5.82. The first-order valence-electron chi connectivity index (χ1n) is 15.6. The summed E-state index contributed by atoms with van der Waals surface area (Å²) in [6, 6.07) is 27.8. The van der Waals surface area contributed by atoms with E-state index in [2.05, 4.69) is 6.07 Å². The maximum Gasteiger partial charge on any atom is 0.410 e. The molecule has 2 aromatic heterocycles. The van der Waals surface area contributed by atoms with Crippen molar-refractivity contribution in [3.8, 4) is 17.3 Å². The number of carboxylic acids is 1. The van der Waals surface area contributed by atoms with Crippen molar-refractivity contribution < 1.29 is 24.2 Å². The van der Waals surface area contributed by atoms with Crippen LogP contribution < -0.4 is 4.90 Å². The number of hydrogen-bond acceptors (Lipinski definition) is 5. The van der Waals surface area contributed by atoms with E-state index >= 15 is 0 Å². The number of aromatic carboxylic acids is 1. The smallest absolute Gasteiger partial charge is 0.410 e. The summed E-state index contributed by atoms with van der Waals surface area (Å²) in [4.78, 5) is 43.2. The summed E-state index contributed by atoms with van der Waals surface area (Å²) in [6.07, 6.45) is 0.0684.